The van der Waals surface area contributed by atoms with E-state index in [1.807, 2.05) is 19.1 Å². The van der Waals surface area contributed by atoms with E-state index in [-0.39, 0.29) is 22.6 Å². The van der Waals surface area contributed by atoms with Gasteiger partial charge in [-0.05, 0) is 38.7 Å². The Kier molecular flexibility index (Phi) is 5.00. The molecule has 22 heavy (non-hydrogen) atoms. The normalized spacial score (nSPS) is 17.1. The monoisotopic (exact) mass is 305 g/mol. The Morgan fingerprint density at radius 1 is 1.41 bits per heavy atom. The molecular weight excluding hydrogens is 282 g/mol. The highest BCUT2D eigenvalue weighted by atomic mass is 16.6. The predicted molar refractivity (Wildman–Crippen MR) is 86.0 cm³/mol. The van der Waals surface area contributed by atoms with Crippen molar-refractivity contribution in [2.45, 2.75) is 39.7 Å². The van der Waals surface area contributed by atoms with Gasteiger partial charge in [0.2, 0.25) is 5.91 Å². The van der Waals surface area contributed by atoms with Crippen LogP contribution in [-0.2, 0) is 4.79 Å². The summed E-state index contributed by atoms with van der Waals surface area (Å²) in [5.41, 5.74) is 1.60. The summed E-state index contributed by atoms with van der Waals surface area (Å²) < 4.78 is 0. The molecule has 1 aliphatic rings. The molecule has 6 nitrogen and oxygen atoms in total. The average molecular weight is 305 g/mol. The molecule has 0 aliphatic carbocycles. The van der Waals surface area contributed by atoms with Gasteiger partial charge in [0.25, 0.3) is 5.69 Å². The van der Waals surface area contributed by atoms with Gasteiger partial charge < -0.3 is 10.2 Å². The number of hydrogen-bond donors (Lipinski definition) is 1. The van der Waals surface area contributed by atoms with Gasteiger partial charge in [0.1, 0.15) is 5.69 Å². The summed E-state index contributed by atoms with van der Waals surface area (Å²) in [6, 6.07) is 5.60. The van der Waals surface area contributed by atoms with Crippen molar-refractivity contribution in [2.24, 2.45) is 5.92 Å². The summed E-state index contributed by atoms with van der Waals surface area (Å²) >= 11 is 0. The van der Waals surface area contributed by atoms with Crippen LogP contribution in [0, 0.1) is 23.0 Å². The fraction of sp³-hybridized carbons (Fsp3) is 0.562. The third-order valence-electron chi connectivity index (χ3n) is 4.42. The van der Waals surface area contributed by atoms with Crippen molar-refractivity contribution >= 4 is 17.3 Å². The van der Waals surface area contributed by atoms with Crippen molar-refractivity contribution in [2.75, 3.05) is 18.0 Å². The van der Waals surface area contributed by atoms with Crippen LogP contribution in [0.4, 0.5) is 11.4 Å². The van der Waals surface area contributed by atoms with Gasteiger partial charge in [-0.15, -0.1) is 0 Å². The first-order valence-electron chi connectivity index (χ1n) is 7.66. The molecule has 1 amide bonds. The highest BCUT2D eigenvalue weighted by Gasteiger charge is 2.28. The summed E-state index contributed by atoms with van der Waals surface area (Å²) in [5.74, 6) is 0.410. The Morgan fingerprint density at radius 3 is 2.59 bits per heavy atom. The SMILES string of the molecule is CC(=O)N[C@@H](C)C1CCN(c2cccc(C)c2[N+](=O)[O-])CC1. The molecule has 0 aromatic heterocycles. The summed E-state index contributed by atoms with van der Waals surface area (Å²) in [4.78, 5) is 24.2. The Bertz CT molecular complexity index is 566. The molecule has 0 saturated carbocycles. The van der Waals surface area contributed by atoms with Crippen molar-refractivity contribution in [1.29, 1.82) is 0 Å². The van der Waals surface area contributed by atoms with Crippen molar-refractivity contribution in [3.8, 4) is 0 Å². The van der Waals surface area contributed by atoms with Crippen LogP contribution in [0.25, 0.3) is 0 Å². The van der Waals surface area contributed by atoms with Crippen molar-refractivity contribution in [3.63, 3.8) is 0 Å². The maximum Gasteiger partial charge on any atom is 0.295 e. The van der Waals surface area contributed by atoms with Crippen molar-refractivity contribution in [3.05, 3.63) is 33.9 Å². The topological polar surface area (TPSA) is 75.5 Å². The van der Waals surface area contributed by atoms with Gasteiger partial charge >= 0.3 is 0 Å². The van der Waals surface area contributed by atoms with Gasteiger partial charge in [0.15, 0.2) is 0 Å². The minimum absolute atomic E-state index is 0.00995. The number of carbonyl (C=O) groups is 1. The van der Waals surface area contributed by atoms with Crippen LogP contribution < -0.4 is 10.2 Å². The molecule has 1 aromatic carbocycles. The lowest BCUT2D eigenvalue weighted by atomic mass is 9.90. The van der Waals surface area contributed by atoms with Crippen LogP contribution in [0.1, 0.15) is 32.3 Å². The molecule has 0 bridgehead atoms. The molecule has 1 fully saturated rings. The highest BCUT2D eigenvalue weighted by molar-refractivity contribution is 5.73. The van der Waals surface area contributed by atoms with Crippen LogP contribution in [0.2, 0.25) is 0 Å². The number of nitrogens with zero attached hydrogens (tertiary/aromatic N) is 2. The number of hydrogen-bond acceptors (Lipinski definition) is 4. The highest BCUT2D eigenvalue weighted by Crippen LogP contribution is 2.34. The lowest BCUT2D eigenvalue weighted by molar-refractivity contribution is -0.384. The Hall–Kier alpha value is -2.11. The standard InChI is InChI=1S/C16H23N3O3/c1-11-5-4-6-15(16(11)19(21)22)18-9-7-14(8-10-18)12(2)17-13(3)20/h4-6,12,14H,7-10H2,1-3H3,(H,17,20)/t12-/m0/s1. The zero-order chi connectivity index (χ0) is 16.3. The molecule has 1 aliphatic heterocycles. The number of anilines is 1. The van der Waals surface area contributed by atoms with E-state index in [0.29, 0.717) is 17.2 Å². The lowest BCUT2D eigenvalue weighted by Crippen LogP contribution is -2.43. The average Bonchev–Trinajstić information content (AvgIpc) is 2.46. The fourth-order valence-electron chi connectivity index (χ4n) is 3.22. The van der Waals surface area contributed by atoms with Gasteiger partial charge in [0.05, 0.1) is 4.92 Å². The van der Waals surface area contributed by atoms with E-state index in [9.17, 15) is 14.9 Å². The smallest absolute Gasteiger partial charge is 0.295 e. The van der Waals surface area contributed by atoms with E-state index >= 15 is 0 Å². The number of piperidine rings is 1. The van der Waals surface area contributed by atoms with E-state index in [4.69, 9.17) is 0 Å². The lowest BCUT2D eigenvalue weighted by Gasteiger charge is -2.36. The summed E-state index contributed by atoms with van der Waals surface area (Å²) in [6.07, 6.45) is 1.85. The van der Waals surface area contributed by atoms with Gasteiger partial charge in [-0.25, -0.2) is 0 Å². The zero-order valence-corrected chi connectivity index (χ0v) is 13.3. The van der Waals surface area contributed by atoms with Gasteiger partial charge in [-0.2, -0.15) is 0 Å². The summed E-state index contributed by atoms with van der Waals surface area (Å²) in [6.45, 7) is 6.88. The quantitative estimate of drug-likeness (QED) is 0.685. The largest absolute Gasteiger partial charge is 0.366 e. The minimum Gasteiger partial charge on any atom is -0.366 e. The number of carbonyl (C=O) groups excluding carboxylic acids is 1. The zero-order valence-electron chi connectivity index (χ0n) is 13.3. The van der Waals surface area contributed by atoms with Crippen molar-refractivity contribution in [1.82, 2.24) is 5.32 Å². The molecular formula is C16H23N3O3. The second kappa shape index (κ2) is 6.77. The van der Waals surface area contributed by atoms with Crippen LogP contribution in [0.5, 0.6) is 0 Å². The molecule has 0 unspecified atom stereocenters. The first-order valence-corrected chi connectivity index (χ1v) is 7.66. The molecule has 1 aromatic rings. The van der Waals surface area contributed by atoms with E-state index in [1.54, 1.807) is 13.0 Å². The molecule has 1 atom stereocenters. The summed E-state index contributed by atoms with van der Waals surface area (Å²) in [5, 5.41) is 14.3. The molecule has 1 saturated heterocycles. The van der Waals surface area contributed by atoms with Crippen LogP contribution in [0.3, 0.4) is 0 Å². The number of aryl methyl sites for hydroxylation is 1. The Morgan fingerprint density at radius 2 is 2.05 bits per heavy atom. The number of nitrogens with one attached hydrogen (secondary N) is 1. The Balaban J connectivity index is 2.08. The number of para-hydroxylation sites is 1. The maximum atomic E-state index is 11.3. The van der Waals surface area contributed by atoms with Crippen molar-refractivity contribution < 1.29 is 9.72 Å². The first kappa shape index (κ1) is 16.3. The molecule has 6 heteroatoms. The predicted octanol–water partition coefficient (Wildman–Crippen LogP) is 2.64. The molecule has 0 radical (unpaired) electrons. The molecule has 1 N–H and O–H groups in total. The molecule has 1 heterocycles. The van der Waals surface area contributed by atoms with Gasteiger partial charge in [-0.1, -0.05) is 12.1 Å². The fourth-order valence-corrected chi connectivity index (χ4v) is 3.22. The number of rotatable bonds is 4. The third-order valence-corrected chi connectivity index (χ3v) is 4.42. The number of benzene rings is 1. The second-order valence-corrected chi connectivity index (χ2v) is 6.01. The van der Waals surface area contributed by atoms with Crippen LogP contribution in [-0.4, -0.2) is 30.0 Å². The number of amides is 1. The van der Waals surface area contributed by atoms with E-state index in [2.05, 4.69) is 10.2 Å². The van der Waals surface area contributed by atoms with E-state index in [0.717, 1.165) is 25.9 Å². The van der Waals surface area contributed by atoms with Gasteiger partial charge in [-0.3, -0.25) is 14.9 Å². The molecule has 120 valence electrons. The minimum atomic E-state index is -0.295. The second-order valence-electron chi connectivity index (χ2n) is 6.01. The Labute approximate surface area is 130 Å². The van der Waals surface area contributed by atoms with Gasteiger partial charge in [0, 0.05) is 31.6 Å². The van der Waals surface area contributed by atoms with E-state index < -0.39 is 0 Å². The molecule has 0 spiro atoms. The molecule has 2 rings (SSSR count). The number of nitro benzene ring substituents is 1. The van der Waals surface area contributed by atoms with Crippen LogP contribution in [0.15, 0.2) is 18.2 Å². The maximum absolute atomic E-state index is 11.3. The first-order chi connectivity index (χ1) is 10.4. The van der Waals surface area contributed by atoms with E-state index in [1.165, 1.54) is 6.92 Å². The number of nitro groups is 1. The van der Waals surface area contributed by atoms with Crippen LogP contribution >= 0.6 is 0 Å². The third kappa shape index (κ3) is 3.55. The summed E-state index contributed by atoms with van der Waals surface area (Å²) in [7, 11) is 0.